The molecule has 0 aliphatic heterocycles. The van der Waals surface area contributed by atoms with Gasteiger partial charge in [0.25, 0.3) is 5.69 Å². The third kappa shape index (κ3) is 2.53. The lowest BCUT2D eigenvalue weighted by Crippen LogP contribution is -2.01. The highest BCUT2D eigenvalue weighted by Crippen LogP contribution is 2.28. The average molecular weight is 319 g/mol. The number of nitro benzene ring substituents is 1. The maximum atomic E-state index is 13.0. The molecule has 0 saturated heterocycles. The fourth-order valence-electron chi connectivity index (χ4n) is 1.99. The maximum absolute atomic E-state index is 13.0. The summed E-state index contributed by atoms with van der Waals surface area (Å²) >= 11 is 6.11. The van der Waals surface area contributed by atoms with Crippen molar-refractivity contribution in [2.45, 2.75) is 0 Å². The molecule has 1 aromatic heterocycles. The molecule has 0 bridgehead atoms. The van der Waals surface area contributed by atoms with E-state index in [1.807, 2.05) is 0 Å². The van der Waals surface area contributed by atoms with Gasteiger partial charge < -0.3 is 0 Å². The van der Waals surface area contributed by atoms with E-state index in [1.165, 1.54) is 41.3 Å². The Hall–Kier alpha value is -2.80. The van der Waals surface area contributed by atoms with E-state index in [4.69, 9.17) is 11.6 Å². The van der Waals surface area contributed by atoms with E-state index in [1.54, 1.807) is 12.1 Å². The molecule has 2 aromatic carbocycles. The fourth-order valence-corrected chi connectivity index (χ4v) is 2.19. The van der Waals surface area contributed by atoms with Crippen LogP contribution in [-0.4, -0.2) is 19.7 Å². The quantitative estimate of drug-likeness (QED) is 0.546. The number of benzene rings is 2. The standard InChI is InChI=1S/C14H8ClFN4O2/c15-12-6-5-11(20(21)22)7-13(12)19-14(17-8-18-19)9-1-3-10(16)4-2-9/h1-8H. The highest BCUT2D eigenvalue weighted by atomic mass is 35.5. The van der Waals surface area contributed by atoms with Crippen molar-refractivity contribution < 1.29 is 9.31 Å². The molecule has 6 nitrogen and oxygen atoms in total. The van der Waals surface area contributed by atoms with Crippen LogP contribution in [-0.2, 0) is 0 Å². The Labute approximate surface area is 128 Å². The molecule has 0 saturated carbocycles. The number of halogens is 2. The van der Waals surface area contributed by atoms with Crippen LogP contribution in [0.5, 0.6) is 0 Å². The number of hydrogen-bond donors (Lipinski definition) is 0. The van der Waals surface area contributed by atoms with E-state index in [0.29, 0.717) is 22.1 Å². The van der Waals surface area contributed by atoms with Crippen LogP contribution >= 0.6 is 11.6 Å². The number of nitrogens with zero attached hydrogens (tertiary/aromatic N) is 4. The molecule has 22 heavy (non-hydrogen) atoms. The van der Waals surface area contributed by atoms with Crippen LogP contribution in [0.2, 0.25) is 5.02 Å². The van der Waals surface area contributed by atoms with Crippen LogP contribution in [0.25, 0.3) is 17.1 Å². The smallest absolute Gasteiger partial charge is 0.258 e. The number of nitro groups is 1. The van der Waals surface area contributed by atoms with Gasteiger partial charge in [0.15, 0.2) is 5.82 Å². The normalized spacial score (nSPS) is 10.6. The third-order valence-electron chi connectivity index (χ3n) is 3.02. The summed E-state index contributed by atoms with van der Waals surface area (Å²) in [6.07, 6.45) is 1.30. The maximum Gasteiger partial charge on any atom is 0.271 e. The van der Waals surface area contributed by atoms with Gasteiger partial charge in [-0.05, 0) is 30.3 Å². The third-order valence-corrected chi connectivity index (χ3v) is 3.34. The molecule has 0 amide bonds. The fraction of sp³-hybridized carbons (Fsp3) is 0. The molecule has 3 rings (SSSR count). The molecule has 0 fully saturated rings. The summed E-state index contributed by atoms with van der Waals surface area (Å²) in [5.41, 5.74) is 0.828. The number of hydrogen-bond acceptors (Lipinski definition) is 4. The van der Waals surface area contributed by atoms with E-state index in [0.717, 1.165) is 0 Å². The van der Waals surface area contributed by atoms with Crippen molar-refractivity contribution in [3.63, 3.8) is 0 Å². The van der Waals surface area contributed by atoms with Crippen LogP contribution < -0.4 is 0 Å². The second-order valence-corrected chi connectivity index (χ2v) is 4.80. The van der Waals surface area contributed by atoms with Gasteiger partial charge in [-0.25, -0.2) is 14.1 Å². The molecule has 0 spiro atoms. The van der Waals surface area contributed by atoms with Crippen LogP contribution in [0.4, 0.5) is 10.1 Å². The molecule has 0 aliphatic carbocycles. The lowest BCUT2D eigenvalue weighted by molar-refractivity contribution is -0.384. The summed E-state index contributed by atoms with van der Waals surface area (Å²) in [7, 11) is 0. The topological polar surface area (TPSA) is 73.8 Å². The van der Waals surface area contributed by atoms with Crippen molar-refractivity contribution in [2.24, 2.45) is 0 Å². The van der Waals surface area contributed by atoms with E-state index in [9.17, 15) is 14.5 Å². The van der Waals surface area contributed by atoms with Gasteiger partial charge in [0.1, 0.15) is 12.1 Å². The first-order valence-corrected chi connectivity index (χ1v) is 6.54. The number of rotatable bonds is 3. The van der Waals surface area contributed by atoms with Crippen molar-refractivity contribution in [1.29, 1.82) is 0 Å². The van der Waals surface area contributed by atoms with Crippen LogP contribution in [0.1, 0.15) is 0 Å². The largest absolute Gasteiger partial charge is 0.271 e. The van der Waals surface area contributed by atoms with E-state index in [-0.39, 0.29) is 11.5 Å². The SMILES string of the molecule is O=[N+]([O-])c1ccc(Cl)c(-n2ncnc2-c2ccc(F)cc2)c1. The Kier molecular flexibility index (Phi) is 3.56. The summed E-state index contributed by atoms with van der Waals surface area (Å²) in [5, 5.41) is 15.2. The molecule has 1 heterocycles. The van der Waals surface area contributed by atoms with Gasteiger partial charge in [0, 0.05) is 17.7 Å². The average Bonchev–Trinajstić information content (AvgIpc) is 2.97. The van der Waals surface area contributed by atoms with Gasteiger partial charge in [-0.3, -0.25) is 10.1 Å². The minimum atomic E-state index is -0.520. The molecular weight excluding hydrogens is 311 g/mol. The minimum absolute atomic E-state index is 0.111. The Balaban J connectivity index is 2.14. The number of aromatic nitrogens is 3. The lowest BCUT2D eigenvalue weighted by Gasteiger charge is -2.08. The second-order valence-electron chi connectivity index (χ2n) is 4.40. The van der Waals surface area contributed by atoms with Gasteiger partial charge in [0.05, 0.1) is 15.6 Å². The monoisotopic (exact) mass is 318 g/mol. The van der Waals surface area contributed by atoms with E-state index >= 15 is 0 Å². The second kappa shape index (κ2) is 5.53. The summed E-state index contributed by atoms with van der Waals surface area (Å²) in [5.74, 6) is 0.0330. The van der Waals surface area contributed by atoms with E-state index in [2.05, 4.69) is 10.1 Å². The Morgan fingerprint density at radius 3 is 2.59 bits per heavy atom. The zero-order chi connectivity index (χ0) is 15.7. The van der Waals surface area contributed by atoms with Crippen molar-refractivity contribution in [1.82, 2.24) is 14.8 Å². The summed E-state index contributed by atoms with van der Waals surface area (Å²) in [4.78, 5) is 14.5. The molecule has 0 N–H and O–H groups in total. The zero-order valence-electron chi connectivity index (χ0n) is 11.0. The van der Waals surface area contributed by atoms with Crippen LogP contribution in [0, 0.1) is 15.9 Å². The summed E-state index contributed by atoms with van der Waals surface area (Å²) in [6, 6.07) is 9.71. The predicted octanol–water partition coefficient (Wildman–Crippen LogP) is 3.64. The van der Waals surface area contributed by atoms with Crippen molar-refractivity contribution >= 4 is 17.3 Å². The molecule has 0 atom stereocenters. The number of non-ortho nitro benzene ring substituents is 1. The van der Waals surface area contributed by atoms with Gasteiger partial charge in [-0.15, -0.1) is 0 Å². The molecule has 110 valence electrons. The van der Waals surface area contributed by atoms with E-state index < -0.39 is 4.92 Å². The Morgan fingerprint density at radius 2 is 1.91 bits per heavy atom. The summed E-state index contributed by atoms with van der Waals surface area (Å²) < 4.78 is 14.4. The van der Waals surface area contributed by atoms with Gasteiger partial charge in [0.2, 0.25) is 0 Å². The van der Waals surface area contributed by atoms with Crippen LogP contribution in [0.3, 0.4) is 0 Å². The first-order valence-electron chi connectivity index (χ1n) is 6.16. The van der Waals surface area contributed by atoms with Crippen molar-refractivity contribution in [3.05, 3.63) is 69.7 Å². The molecular formula is C14H8ClFN4O2. The zero-order valence-corrected chi connectivity index (χ0v) is 11.7. The highest BCUT2D eigenvalue weighted by molar-refractivity contribution is 6.32. The first-order chi connectivity index (χ1) is 10.6. The minimum Gasteiger partial charge on any atom is -0.258 e. The van der Waals surface area contributed by atoms with Crippen molar-refractivity contribution in [3.8, 4) is 17.1 Å². The Bertz CT molecular complexity index is 848. The lowest BCUT2D eigenvalue weighted by atomic mass is 10.2. The Morgan fingerprint density at radius 1 is 1.18 bits per heavy atom. The molecule has 0 aliphatic rings. The molecule has 8 heteroatoms. The van der Waals surface area contributed by atoms with Crippen LogP contribution in [0.15, 0.2) is 48.8 Å². The summed E-state index contributed by atoms with van der Waals surface area (Å²) in [6.45, 7) is 0. The van der Waals surface area contributed by atoms with Crippen molar-refractivity contribution in [2.75, 3.05) is 0 Å². The van der Waals surface area contributed by atoms with Gasteiger partial charge in [-0.1, -0.05) is 11.6 Å². The van der Waals surface area contributed by atoms with Gasteiger partial charge >= 0.3 is 0 Å². The molecule has 3 aromatic rings. The van der Waals surface area contributed by atoms with Gasteiger partial charge in [-0.2, -0.15) is 5.10 Å². The predicted molar refractivity (Wildman–Crippen MR) is 78.4 cm³/mol. The highest BCUT2D eigenvalue weighted by Gasteiger charge is 2.16. The molecule has 0 radical (unpaired) electrons. The molecule has 0 unspecified atom stereocenters. The first kappa shape index (κ1) is 14.2.